The standard InChI is InChI=1S/C14H18N2O2S3/c1-14-9-21(17,18)8-12(14)20-13(19)16(14)11-6-4-5-10(7-11)15(2)3/h4-7,12H,8-9H2,1-3H3/t12-,14-/m0/s1. The molecule has 0 bridgehead atoms. The first-order valence-electron chi connectivity index (χ1n) is 6.72. The Morgan fingerprint density at radius 2 is 2.14 bits per heavy atom. The molecule has 7 heteroatoms. The van der Waals surface area contributed by atoms with Gasteiger partial charge >= 0.3 is 0 Å². The summed E-state index contributed by atoms with van der Waals surface area (Å²) in [5.74, 6) is 0.391. The average Bonchev–Trinajstić information content (AvgIpc) is 2.72. The molecule has 0 N–H and O–H groups in total. The highest BCUT2D eigenvalue weighted by Crippen LogP contribution is 2.48. The molecule has 2 aliphatic heterocycles. The molecule has 2 fully saturated rings. The normalized spacial score (nSPS) is 30.5. The van der Waals surface area contributed by atoms with Gasteiger partial charge in [-0.15, -0.1) is 0 Å². The van der Waals surface area contributed by atoms with Gasteiger partial charge in [-0.05, 0) is 25.1 Å². The van der Waals surface area contributed by atoms with Crippen molar-refractivity contribution in [3.63, 3.8) is 0 Å². The highest BCUT2D eigenvalue weighted by Gasteiger charge is 2.57. The van der Waals surface area contributed by atoms with Gasteiger partial charge in [0.15, 0.2) is 9.84 Å². The Balaban J connectivity index is 2.05. The fraction of sp³-hybridized carbons (Fsp3) is 0.500. The highest BCUT2D eigenvalue weighted by atomic mass is 32.2. The van der Waals surface area contributed by atoms with Gasteiger partial charge in [-0.25, -0.2) is 8.42 Å². The predicted octanol–water partition coefficient (Wildman–Crippen LogP) is 2.15. The van der Waals surface area contributed by atoms with Crippen LogP contribution in [0.25, 0.3) is 0 Å². The maximum Gasteiger partial charge on any atom is 0.153 e. The number of sulfone groups is 1. The molecular weight excluding hydrogens is 324 g/mol. The predicted molar refractivity (Wildman–Crippen MR) is 94.3 cm³/mol. The number of fused-ring (bicyclic) bond motifs is 1. The zero-order valence-electron chi connectivity index (χ0n) is 12.2. The number of rotatable bonds is 2. The van der Waals surface area contributed by atoms with Crippen LogP contribution in [0.2, 0.25) is 0 Å². The van der Waals surface area contributed by atoms with E-state index in [0.29, 0.717) is 0 Å². The van der Waals surface area contributed by atoms with E-state index in [1.807, 2.05) is 49.0 Å². The molecule has 21 heavy (non-hydrogen) atoms. The van der Waals surface area contributed by atoms with Gasteiger partial charge in [-0.2, -0.15) is 0 Å². The molecule has 114 valence electrons. The lowest BCUT2D eigenvalue weighted by atomic mass is 9.98. The topological polar surface area (TPSA) is 40.6 Å². The summed E-state index contributed by atoms with van der Waals surface area (Å²) in [5.41, 5.74) is 1.61. The molecule has 2 atom stereocenters. The second kappa shape index (κ2) is 4.86. The summed E-state index contributed by atoms with van der Waals surface area (Å²) >= 11 is 7.03. The zero-order chi connectivity index (χ0) is 15.4. The number of thioether (sulfide) groups is 1. The number of thiocarbonyl (C=S) groups is 1. The van der Waals surface area contributed by atoms with Gasteiger partial charge in [-0.3, -0.25) is 0 Å². The molecule has 0 spiro atoms. The molecule has 0 radical (unpaired) electrons. The van der Waals surface area contributed by atoms with Crippen LogP contribution in [0.1, 0.15) is 6.92 Å². The van der Waals surface area contributed by atoms with E-state index >= 15 is 0 Å². The highest BCUT2D eigenvalue weighted by molar-refractivity contribution is 8.24. The summed E-state index contributed by atoms with van der Waals surface area (Å²) in [6.07, 6.45) is 0. The second-order valence-corrected chi connectivity index (χ2v) is 9.98. The van der Waals surface area contributed by atoms with Crippen LogP contribution in [0.4, 0.5) is 11.4 Å². The molecule has 0 aliphatic carbocycles. The lowest BCUT2D eigenvalue weighted by Crippen LogP contribution is -2.49. The van der Waals surface area contributed by atoms with Crippen molar-refractivity contribution in [3.05, 3.63) is 24.3 Å². The van der Waals surface area contributed by atoms with E-state index in [1.54, 1.807) is 0 Å². The smallest absolute Gasteiger partial charge is 0.153 e. The van der Waals surface area contributed by atoms with Crippen molar-refractivity contribution in [2.75, 3.05) is 35.4 Å². The average molecular weight is 343 g/mol. The fourth-order valence-electron chi connectivity index (χ4n) is 3.07. The molecule has 4 nitrogen and oxygen atoms in total. The second-order valence-electron chi connectivity index (χ2n) is 6.03. The van der Waals surface area contributed by atoms with Gasteiger partial charge in [0.1, 0.15) is 4.32 Å². The molecule has 0 amide bonds. The van der Waals surface area contributed by atoms with Crippen molar-refractivity contribution in [3.8, 4) is 0 Å². The van der Waals surface area contributed by atoms with Crippen LogP contribution >= 0.6 is 24.0 Å². The maximum absolute atomic E-state index is 12.0. The third-order valence-electron chi connectivity index (χ3n) is 4.15. The maximum atomic E-state index is 12.0. The monoisotopic (exact) mass is 342 g/mol. The van der Waals surface area contributed by atoms with Gasteiger partial charge in [0.05, 0.1) is 22.3 Å². The number of nitrogens with zero attached hydrogens (tertiary/aromatic N) is 2. The summed E-state index contributed by atoms with van der Waals surface area (Å²) < 4.78 is 24.8. The number of anilines is 2. The molecule has 2 saturated heterocycles. The lowest BCUT2D eigenvalue weighted by molar-refractivity contribution is 0.550. The number of hydrogen-bond acceptors (Lipinski definition) is 5. The summed E-state index contributed by atoms with van der Waals surface area (Å²) in [5, 5.41) is 0.0259. The Morgan fingerprint density at radius 1 is 1.43 bits per heavy atom. The molecule has 2 heterocycles. The minimum Gasteiger partial charge on any atom is -0.378 e. The van der Waals surface area contributed by atoms with E-state index in [2.05, 4.69) is 6.07 Å². The Bertz CT molecular complexity index is 702. The Kier molecular flexibility index (Phi) is 3.50. The van der Waals surface area contributed by atoms with Crippen LogP contribution in [0, 0.1) is 0 Å². The van der Waals surface area contributed by atoms with Gasteiger partial charge in [0, 0.05) is 25.5 Å². The van der Waals surface area contributed by atoms with Crippen LogP contribution in [-0.4, -0.2) is 49.1 Å². The fourth-order valence-corrected chi connectivity index (χ4v) is 8.00. The van der Waals surface area contributed by atoms with Crippen molar-refractivity contribution in [1.82, 2.24) is 0 Å². The third kappa shape index (κ3) is 2.45. The lowest BCUT2D eigenvalue weighted by Gasteiger charge is -2.34. The van der Waals surface area contributed by atoms with Gasteiger partial charge in [0.25, 0.3) is 0 Å². The van der Waals surface area contributed by atoms with Crippen molar-refractivity contribution in [2.45, 2.75) is 17.7 Å². The summed E-state index contributed by atoms with van der Waals surface area (Å²) in [4.78, 5) is 4.07. The van der Waals surface area contributed by atoms with E-state index < -0.39 is 15.4 Å². The van der Waals surface area contributed by atoms with E-state index in [0.717, 1.165) is 15.7 Å². The van der Waals surface area contributed by atoms with Crippen molar-refractivity contribution in [2.24, 2.45) is 0 Å². The van der Waals surface area contributed by atoms with Crippen molar-refractivity contribution < 1.29 is 8.42 Å². The van der Waals surface area contributed by atoms with Gasteiger partial charge in [-0.1, -0.05) is 30.0 Å². The SMILES string of the molecule is CN(C)c1cccc(N2C(=S)S[C@H]3CS(=O)(=O)C[C@@]32C)c1. The van der Waals surface area contributed by atoms with Crippen LogP contribution in [0.5, 0.6) is 0 Å². The zero-order valence-corrected chi connectivity index (χ0v) is 14.7. The summed E-state index contributed by atoms with van der Waals surface area (Å²) in [6, 6.07) is 8.07. The molecule has 0 saturated carbocycles. The molecule has 0 unspecified atom stereocenters. The molecule has 0 aromatic heterocycles. The van der Waals surface area contributed by atoms with E-state index in [9.17, 15) is 8.42 Å². The summed E-state index contributed by atoms with van der Waals surface area (Å²) in [7, 11) is 0.986. The Labute approximate surface area is 135 Å². The molecule has 1 aromatic rings. The molecule has 3 rings (SSSR count). The van der Waals surface area contributed by atoms with E-state index in [1.165, 1.54) is 11.8 Å². The van der Waals surface area contributed by atoms with Crippen LogP contribution in [0.15, 0.2) is 24.3 Å². The minimum absolute atomic E-state index is 0.0259. The molecular formula is C14H18N2O2S3. The quantitative estimate of drug-likeness (QED) is 0.767. The molecule has 1 aromatic carbocycles. The molecule has 2 aliphatic rings. The minimum atomic E-state index is -2.99. The summed E-state index contributed by atoms with van der Waals surface area (Å²) in [6.45, 7) is 2.01. The first-order valence-corrected chi connectivity index (χ1v) is 9.82. The van der Waals surface area contributed by atoms with E-state index in [4.69, 9.17) is 12.2 Å². The van der Waals surface area contributed by atoms with Crippen LogP contribution in [0.3, 0.4) is 0 Å². The third-order valence-corrected chi connectivity index (χ3v) is 8.04. The van der Waals surface area contributed by atoms with Crippen LogP contribution in [-0.2, 0) is 9.84 Å². The Morgan fingerprint density at radius 3 is 2.81 bits per heavy atom. The number of benzene rings is 1. The van der Waals surface area contributed by atoms with Crippen LogP contribution < -0.4 is 9.80 Å². The Hall–Kier alpha value is -0.790. The number of hydrogen-bond donors (Lipinski definition) is 0. The first kappa shape index (κ1) is 15.1. The van der Waals surface area contributed by atoms with E-state index in [-0.39, 0.29) is 16.8 Å². The van der Waals surface area contributed by atoms with Gasteiger partial charge < -0.3 is 9.80 Å². The van der Waals surface area contributed by atoms with Crippen molar-refractivity contribution >= 4 is 49.5 Å². The largest absolute Gasteiger partial charge is 0.378 e. The van der Waals surface area contributed by atoms with Gasteiger partial charge in [0.2, 0.25) is 0 Å². The van der Waals surface area contributed by atoms with Crippen molar-refractivity contribution in [1.29, 1.82) is 0 Å². The first-order chi connectivity index (χ1) is 9.73.